The lowest BCUT2D eigenvalue weighted by Gasteiger charge is -2.10. The number of hydrogen-bond acceptors (Lipinski definition) is 2. The van der Waals surface area contributed by atoms with Crippen molar-refractivity contribution in [2.24, 2.45) is 5.73 Å². The molecule has 0 aromatic carbocycles. The van der Waals surface area contributed by atoms with Crippen LogP contribution in [0.4, 0.5) is 0 Å². The van der Waals surface area contributed by atoms with Crippen LogP contribution in [0.1, 0.15) is 39.5 Å². The predicted molar refractivity (Wildman–Crippen MR) is 50.8 cm³/mol. The Labute approximate surface area is 74.7 Å². The number of unbranched alkanes of at least 4 members (excludes halogenated alkanes) is 1. The van der Waals surface area contributed by atoms with Gasteiger partial charge in [0.1, 0.15) is 0 Å². The van der Waals surface area contributed by atoms with Gasteiger partial charge in [0, 0.05) is 12.5 Å². The van der Waals surface area contributed by atoms with Crippen LogP contribution < -0.4 is 11.1 Å². The van der Waals surface area contributed by atoms with Gasteiger partial charge < -0.3 is 11.1 Å². The quantitative estimate of drug-likeness (QED) is 0.588. The van der Waals surface area contributed by atoms with Gasteiger partial charge in [-0.15, -0.1) is 0 Å². The largest absolute Gasteiger partial charge is 0.354 e. The molecule has 0 spiro atoms. The molecular weight excluding hydrogens is 152 g/mol. The van der Waals surface area contributed by atoms with E-state index in [0.717, 1.165) is 19.3 Å². The second kappa shape index (κ2) is 7.10. The molecule has 1 amide bonds. The van der Waals surface area contributed by atoms with Crippen molar-refractivity contribution in [3.63, 3.8) is 0 Å². The Morgan fingerprint density at radius 3 is 2.67 bits per heavy atom. The molecule has 0 aliphatic carbocycles. The third-order valence-electron chi connectivity index (χ3n) is 1.88. The lowest BCUT2D eigenvalue weighted by molar-refractivity contribution is -0.121. The van der Waals surface area contributed by atoms with Crippen LogP contribution in [-0.4, -0.2) is 18.5 Å². The van der Waals surface area contributed by atoms with E-state index >= 15 is 0 Å². The third-order valence-corrected chi connectivity index (χ3v) is 1.88. The predicted octanol–water partition coefficient (Wildman–Crippen LogP) is 1.03. The molecule has 0 fully saturated rings. The van der Waals surface area contributed by atoms with Crippen molar-refractivity contribution < 1.29 is 4.79 Å². The van der Waals surface area contributed by atoms with Gasteiger partial charge in [-0.1, -0.05) is 6.92 Å². The minimum Gasteiger partial charge on any atom is -0.354 e. The van der Waals surface area contributed by atoms with Crippen LogP contribution in [0.25, 0.3) is 0 Å². The monoisotopic (exact) mass is 172 g/mol. The lowest BCUT2D eigenvalue weighted by atomic mass is 10.2. The molecule has 0 aromatic heterocycles. The molecule has 3 N–H and O–H groups in total. The van der Waals surface area contributed by atoms with Gasteiger partial charge in [0.15, 0.2) is 0 Å². The molecule has 0 aliphatic heterocycles. The Bertz CT molecular complexity index is 126. The van der Waals surface area contributed by atoms with Gasteiger partial charge in [-0.2, -0.15) is 0 Å². The van der Waals surface area contributed by atoms with Crippen LogP contribution in [-0.2, 0) is 4.79 Å². The van der Waals surface area contributed by atoms with Crippen molar-refractivity contribution in [2.75, 3.05) is 6.54 Å². The van der Waals surface area contributed by atoms with Crippen LogP contribution in [0.2, 0.25) is 0 Å². The Kier molecular flexibility index (Phi) is 6.76. The minimum atomic E-state index is 0.151. The van der Waals surface area contributed by atoms with Crippen LogP contribution in [0.5, 0.6) is 0 Å². The fourth-order valence-corrected chi connectivity index (χ4v) is 0.879. The second-order valence-electron chi connectivity index (χ2n) is 3.12. The number of hydrogen-bond donors (Lipinski definition) is 2. The molecule has 3 heteroatoms. The van der Waals surface area contributed by atoms with E-state index in [1.165, 1.54) is 0 Å². The van der Waals surface area contributed by atoms with Crippen molar-refractivity contribution in [3.05, 3.63) is 0 Å². The molecule has 3 nitrogen and oxygen atoms in total. The Balaban J connectivity index is 3.33. The normalized spacial score (nSPS) is 12.6. The Morgan fingerprint density at radius 2 is 2.17 bits per heavy atom. The molecule has 0 heterocycles. The summed E-state index contributed by atoms with van der Waals surface area (Å²) in [6, 6.07) is 0.301. The van der Waals surface area contributed by atoms with E-state index in [4.69, 9.17) is 5.73 Å². The SMILES string of the molecule is CCC(C)NC(=O)CCCCN. The first-order valence-electron chi connectivity index (χ1n) is 4.70. The van der Waals surface area contributed by atoms with E-state index in [2.05, 4.69) is 12.2 Å². The summed E-state index contributed by atoms with van der Waals surface area (Å²) in [4.78, 5) is 11.1. The molecule has 12 heavy (non-hydrogen) atoms. The van der Waals surface area contributed by atoms with E-state index in [0.29, 0.717) is 19.0 Å². The first-order valence-corrected chi connectivity index (χ1v) is 4.70. The van der Waals surface area contributed by atoms with E-state index < -0.39 is 0 Å². The van der Waals surface area contributed by atoms with Gasteiger partial charge in [-0.3, -0.25) is 4.79 Å². The number of carbonyl (C=O) groups is 1. The van der Waals surface area contributed by atoms with Crippen molar-refractivity contribution in [2.45, 2.75) is 45.6 Å². The average molecular weight is 172 g/mol. The Morgan fingerprint density at radius 1 is 1.50 bits per heavy atom. The van der Waals surface area contributed by atoms with Crippen LogP contribution in [0.3, 0.4) is 0 Å². The zero-order valence-corrected chi connectivity index (χ0v) is 8.10. The molecule has 1 unspecified atom stereocenters. The zero-order chi connectivity index (χ0) is 9.40. The smallest absolute Gasteiger partial charge is 0.220 e. The summed E-state index contributed by atoms with van der Waals surface area (Å²) in [5.41, 5.74) is 5.31. The molecule has 0 aliphatic rings. The molecule has 0 radical (unpaired) electrons. The molecule has 72 valence electrons. The lowest BCUT2D eigenvalue weighted by Crippen LogP contribution is -2.31. The molecule has 0 bridgehead atoms. The molecule has 0 saturated heterocycles. The first-order chi connectivity index (χ1) is 5.70. The number of nitrogens with two attached hydrogens (primary N) is 1. The number of rotatable bonds is 6. The van der Waals surface area contributed by atoms with Crippen molar-refractivity contribution >= 4 is 5.91 Å². The summed E-state index contributed by atoms with van der Waals surface area (Å²) in [5.74, 6) is 0.151. The van der Waals surface area contributed by atoms with Crippen LogP contribution >= 0.6 is 0 Å². The summed E-state index contributed by atoms with van der Waals surface area (Å²) in [6.07, 6.45) is 3.44. The minimum absolute atomic E-state index is 0.151. The van der Waals surface area contributed by atoms with Crippen LogP contribution in [0, 0.1) is 0 Å². The highest BCUT2D eigenvalue weighted by molar-refractivity contribution is 5.76. The van der Waals surface area contributed by atoms with E-state index in [1.54, 1.807) is 0 Å². The second-order valence-corrected chi connectivity index (χ2v) is 3.12. The fourth-order valence-electron chi connectivity index (χ4n) is 0.879. The highest BCUT2D eigenvalue weighted by Crippen LogP contribution is 1.95. The molecule has 0 rings (SSSR count). The zero-order valence-electron chi connectivity index (χ0n) is 8.10. The van der Waals surface area contributed by atoms with E-state index in [1.807, 2.05) is 6.92 Å². The topological polar surface area (TPSA) is 55.1 Å². The maximum absolute atomic E-state index is 11.1. The van der Waals surface area contributed by atoms with Gasteiger partial charge in [-0.25, -0.2) is 0 Å². The molecule has 1 atom stereocenters. The van der Waals surface area contributed by atoms with Gasteiger partial charge in [0.2, 0.25) is 5.91 Å². The summed E-state index contributed by atoms with van der Waals surface area (Å²) < 4.78 is 0. The summed E-state index contributed by atoms with van der Waals surface area (Å²) >= 11 is 0. The highest BCUT2D eigenvalue weighted by Gasteiger charge is 2.03. The average Bonchev–Trinajstić information content (AvgIpc) is 2.05. The van der Waals surface area contributed by atoms with Crippen molar-refractivity contribution in [1.29, 1.82) is 0 Å². The van der Waals surface area contributed by atoms with Crippen molar-refractivity contribution in [3.8, 4) is 0 Å². The van der Waals surface area contributed by atoms with Gasteiger partial charge in [0.25, 0.3) is 0 Å². The van der Waals surface area contributed by atoms with Crippen LogP contribution in [0.15, 0.2) is 0 Å². The maximum atomic E-state index is 11.1. The molecule has 0 saturated carbocycles. The summed E-state index contributed by atoms with van der Waals surface area (Å²) in [6.45, 7) is 4.75. The maximum Gasteiger partial charge on any atom is 0.220 e. The van der Waals surface area contributed by atoms with Gasteiger partial charge >= 0.3 is 0 Å². The standard InChI is InChI=1S/C9H20N2O/c1-3-8(2)11-9(12)6-4-5-7-10/h8H,3-7,10H2,1-2H3,(H,11,12). The number of amides is 1. The molecular formula is C9H20N2O. The van der Waals surface area contributed by atoms with Gasteiger partial charge in [0.05, 0.1) is 0 Å². The fraction of sp³-hybridized carbons (Fsp3) is 0.889. The highest BCUT2D eigenvalue weighted by atomic mass is 16.1. The number of nitrogens with one attached hydrogen (secondary N) is 1. The molecule has 0 aromatic rings. The summed E-state index contributed by atoms with van der Waals surface area (Å²) in [7, 11) is 0. The first kappa shape index (κ1) is 11.4. The van der Waals surface area contributed by atoms with Crippen molar-refractivity contribution in [1.82, 2.24) is 5.32 Å². The van der Waals surface area contributed by atoms with Gasteiger partial charge in [-0.05, 0) is 32.7 Å². The Hall–Kier alpha value is -0.570. The third kappa shape index (κ3) is 6.16. The summed E-state index contributed by atoms with van der Waals surface area (Å²) in [5, 5.41) is 2.91. The number of carbonyl (C=O) groups excluding carboxylic acids is 1. The van der Waals surface area contributed by atoms with E-state index in [-0.39, 0.29) is 5.91 Å². The van der Waals surface area contributed by atoms with E-state index in [9.17, 15) is 4.79 Å².